The van der Waals surface area contributed by atoms with Gasteiger partial charge in [0.25, 0.3) is 0 Å². The SMILES string of the molecule is COc1ccc(/C(C#N)=C/c2cc(Cl)ccc2OCc2ccc(F)cc2)cc1OC. The number of hydrogen-bond acceptors (Lipinski definition) is 4. The first-order valence-electron chi connectivity index (χ1n) is 9.05. The third-order valence-corrected chi connectivity index (χ3v) is 4.63. The summed E-state index contributed by atoms with van der Waals surface area (Å²) >= 11 is 6.17. The predicted molar refractivity (Wildman–Crippen MR) is 115 cm³/mol. The Morgan fingerprint density at radius 2 is 1.67 bits per heavy atom. The molecule has 6 heteroatoms. The molecule has 30 heavy (non-hydrogen) atoms. The maximum atomic E-state index is 13.1. The van der Waals surface area contributed by atoms with Crippen LogP contribution >= 0.6 is 11.6 Å². The van der Waals surface area contributed by atoms with Crippen LogP contribution in [0.5, 0.6) is 17.2 Å². The van der Waals surface area contributed by atoms with E-state index < -0.39 is 0 Å². The van der Waals surface area contributed by atoms with Crippen molar-refractivity contribution in [2.75, 3.05) is 14.2 Å². The Balaban J connectivity index is 1.93. The molecule has 0 saturated carbocycles. The second kappa shape index (κ2) is 9.82. The van der Waals surface area contributed by atoms with Gasteiger partial charge in [-0.1, -0.05) is 23.7 Å². The molecule has 0 unspecified atom stereocenters. The molecule has 0 spiro atoms. The van der Waals surface area contributed by atoms with Crippen molar-refractivity contribution < 1.29 is 18.6 Å². The smallest absolute Gasteiger partial charge is 0.161 e. The van der Waals surface area contributed by atoms with Gasteiger partial charge in [-0.3, -0.25) is 0 Å². The lowest BCUT2D eigenvalue weighted by Gasteiger charge is -2.12. The van der Waals surface area contributed by atoms with E-state index >= 15 is 0 Å². The average Bonchev–Trinajstić information content (AvgIpc) is 2.77. The first-order chi connectivity index (χ1) is 14.5. The fraction of sp³-hybridized carbons (Fsp3) is 0.125. The Labute approximate surface area is 179 Å². The van der Waals surface area contributed by atoms with Crippen molar-refractivity contribution in [3.05, 3.63) is 88.2 Å². The Morgan fingerprint density at radius 3 is 2.33 bits per heavy atom. The highest BCUT2D eigenvalue weighted by Gasteiger charge is 2.10. The van der Waals surface area contributed by atoms with Crippen molar-refractivity contribution in [2.45, 2.75) is 6.61 Å². The van der Waals surface area contributed by atoms with Gasteiger partial charge in [0, 0.05) is 10.6 Å². The molecule has 3 aromatic carbocycles. The molecule has 0 heterocycles. The molecular formula is C24H19ClFNO3. The van der Waals surface area contributed by atoms with Crippen LogP contribution in [-0.2, 0) is 6.61 Å². The van der Waals surface area contributed by atoms with Crippen molar-refractivity contribution in [2.24, 2.45) is 0 Å². The number of ether oxygens (including phenoxy) is 3. The molecule has 0 aliphatic heterocycles. The summed E-state index contributed by atoms with van der Waals surface area (Å²) in [6, 6.07) is 18.7. The minimum Gasteiger partial charge on any atom is -0.493 e. The molecular weight excluding hydrogens is 405 g/mol. The maximum absolute atomic E-state index is 13.1. The highest BCUT2D eigenvalue weighted by Crippen LogP contribution is 2.33. The topological polar surface area (TPSA) is 51.5 Å². The molecule has 0 bridgehead atoms. The lowest BCUT2D eigenvalue weighted by Crippen LogP contribution is -1.97. The Bertz CT molecular complexity index is 1100. The normalized spacial score (nSPS) is 11.0. The number of benzene rings is 3. The van der Waals surface area contributed by atoms with Crippen LogP contribution in [0.3, 0.4) is 0 Å². The van der Waals surface area contributed by atoms with Crippen LogP contribution in [0.2, 0.25) is 5.02 Å². The summed E-state index contributed by atoms with van der Waals surface area (Å²) in [5.74, 6) is 1.35. The van der Waals surface area contributed by atoms with Crippen LogP contribution in [0.15, 0.2) is 60.7 Å². The zero-order valence-electron chi connectivity index (χ0n) is 16.5. The lowest BCUT2D eigenvalue weighted by atomic mass is 10.0. The van der Waals surface area contributed by atoms with Gasteiger partial charge >= 0.3 is 0 Å². The number of rotatable bonds is 7. The molecule has 0 aliphatic carbocycles. The van der Waals surface area contributed by atoms with Gasteiger partial charge in [0.15, 0.2) is 11.5 Å². The van der Waals surface area contributed by atoms with Gasteiger partial charge in [-0.25, -0.2) is 4.39 Å². The van der Waals surface area contributed by atoms with Gasteiger partial charge in [-0.15, -0.1) is 0 Å². The first kappa shape index (κ1) is 21.2. The third-order valence-electron chi connectivity index (χ3n) is 4.39. The van der Waals surface area contributed by atoms with E-state index in [2.05, 4.69) is 6.07 Å². The molecule has 0 atom stereocenters. The Kier molecular flexibility index (Phi) is 6.95. The average molecular weight is 424 g/mol. The quantitative estimate of drug-likeness (QED) is 0.338. The van der Waals surface area contributed by atoms with Gasteiger partial charge in [-0.2, -0.15) is 5.26 Å². The minimum absolute atomic E-state index is 0.251. The monoisotopic (exact) mass is 423 g/mol. The first-order valence-corrected chi connectivity index (χ1v) is 9.43. The summed E-state index contributed by atoms with van der Waals surface area (Å²) < 4.78 is 29.6. The van der Waals surface area contributed by atoms with Crippen LogP contribution in [0, 0.1) is 17.1 Å². The fourth-order valence-electron chi connectivity index (χ4n) is 2.84. The van der Waals surface area contributed by atoms with E-state index in [9.17, 15) is 9.65 Å². The second-order valence-electron chi connectivity index (χ2n) is 6.34. The highest BCUT2D eigenvalue weighted by molar-refractivity contribution is 6.30. The molecule has 3 rings (SSSR count). The van der Waals surface area contributed by atoms with Crippen LogP contribution in [0.1, 0.15) is 16.7 Å². The zero-order valence-corrected chi connectivity index (χ0v) is 17.2. The van der Waals surface area contributed by atoms with E-state index in [4.69, 9.17) is 25.8 Å². The van der Waals surface area contributed by atoms with E-state index in [0.717, 1.165) is 5.56 Å². The van der Waals surface area contributed by atoms with Crippen molar-refractivity contribution in [3.8, 4) is 23.3 Å². The maximum Gasteiger partial charge on any atom is 0.161 e. The van der Waals surface area contributed by atoms with Gasteiger partial charge in [0.05, 0.1) is 25.9 Å². The Morgan fingerprint density at radius 1 is 0.967 bits per heavy atom. The summed E-state index contributed by atoms with van der Waals surface area (Å²) in [6.07, 6.45) is 1.70. The van der Waals surface area contributed by atoms with Crippen LogP contribution < -0.4 is 14.2 Å². The second-order valence-corrected chi connectivity index (χ2v) is 6.77. The summed E-state index contributed by atoms with van der Waals surface area (Å²) in [5, 5.41) is 10.2. The molecule has 0 aliphatic rings. The number of nitriles is 1. The Hall–Kier alpha value is -3.49. The molecule has 0 radical (unpaired) electrons. The van der Waals surface area contributed by atoms with Crippen LogP contribution in [-0.4, -0.2) is 14.2 Å². The van der Waals surface area contributed by atoms with E-state index in [-0.39, 0.29) is 12.4 Å². The van der Waals surface area contributed by atoms with E-state index in [1.54, 1.807) is 61.7 Å². The third kappa shape index (κ3) is 5.11. The predicted octanol–water partition coefficient (Wildman–Crippen LogP) is 6.14. The van der Waals surface area contributed by atoms with E-state index in [1.807, 2.05) is 0 Å². The van der Waals surface area contributed by atoms with Crippen molar-refractivity contribution in [1.29, 1.82) is 5.26 Å². The highest BCUT2D eigenvalue weighted by atomic mass is 35.5. The van der Waals surface area contributed by atoms with Gasteiger partial charge in [-0.05, 0) is 65.7 Å². The van der Waals surface area contributed by atoms with E-state index in [0.29, 0.717) is 39.0 Å². The zero-order chi connectivity index (χ0) is 21.5. The van der Waals surface area contributed by atoms with Crippen molar-refractivity contribution in [3.63, 3.8) is 0 Å². The number of halogens is 2. The van der Waals surface area contributed by atoms with Crippen molar-refractivity contribution in [1.82, 2.24) is 0 Å². The van der Waals surface area contributed by atoms with Crippen LogP contribution in [0.25, 0.3) is 11.6 Å². The number of nitrogens with zero attached hydrogens (tertiary/aromatic N) is 1. The summed E-state index contributed by atoms with van der Waals surface area (Å²) in [4.78, 5) is 0. The van der Waals surface area contributed by atoms with Gasteiger partial charge < -0.3 is 14.2 Å². The molecule has 152 valence electrons. The number of hydrogen-bond donors (Lipinski definition) is 0. The standard InChI is InChI=1S/C24H19ClFNO3/c1-28-23-9-5-17(13-24(23)29-2)19(14-27)11-18-12-20(25)6-10-22(18)30-15-16-3-7-21(26)8-4-16/h3-13H,15H2,1-2H3/b19-11+. The van der Waals surface area contributed by atoms with Gasteiger partial charge in [0.1, 0.15) is 18.2 Å². The summed E-state index contributed by atoms with van der Waals surface area (Å²) in [7, 11) is 3.09. The molecule has 3 aromatic rings. The number of allylic oxidation sites excluding steroid dienone is 1. The summed E-state index contributed by atoms with van der Waals surface area (Å²) in [5.41, 5.74) is 2.54. The van der Waals surface area contributed by atoms with Crippen molar-refractivity contribution >= 4 is 23.3 Å². The number of methoxy groups -OCH3 is 2. The molecule has 0 N–H and O–H groups in total. The summed E-state index contributed by atoms with van der Waals surface area (Å²) in [6.45, 7) is 0.251. The molecule has 0 fully saturated rings. The molecule has 0 amide bonds. The molecule has 4 nitrogen and oxygen atoms in total. The fourth-order valence-corrected chi connectivity index (χ4v) is 3.03. The van der Waals surface area contributed by atoms with Gasteiger partial charge in [0.2, 0.25) is 0 Å². The lowest BCUT2D eigenvalue weighted by molar-refractivity contribution is 0.305. The van der Waals surface area contributed by atoms with Crippen LogP contribution in [0.4, 0.5) is 4.39 Å². The minimum atomic E-state index is -0.303. The largest absolute Gasteiger partial charge is 0.493 e. The van der Waals surface area contributed by atoms with E-state index in [1.165, 1.54) is 19.2 Å². The molecule has 0 saturated heterocycles. The molecule has 0 aromatic heterocycles.